The number of hydrogen-bond acceptors (Lipinski definition) is 2. The van der Waals surface area contributed by atoms with Crippen LogP contribution in [0.3, 0.4) is 0 Å². The maximum atomic E-state index is 9.36. The Morgan fingerprint density at radius 2 is 2.00 bits per heavy atom. The van der Waals surface area contributed by atoms with Gasteiger partial charge in [-0.15, -0.1) is 0 Å². The molecule has 0 aromatic carbocycles. The minimum Gasteiger partial charge on any atom is -0.391 e. The van der Waals surface area contributed by atoms with Crippen LogP contribution < -0.4 is 0 Å². The molecule has 9 heavy (non-hydrogen) atoms. The van der Waals surface area contributed by atoms with Gasteiger partial charge >= 0.3 is 0 Å². The van der Waals surface area contributed by atoms with Crippen molar-refractivity contribution < 1.29 is 5.11 Å². The molecule has 0 aromatic heterocycles. The highest BCUT2D eigenvalue weighted by Crippen LogP contribution is 2.27. The summed E-state index contributed by atoms with van der Waals surface area (Å²) in [5, 5.41) is 9.36. The van der Waals surface area contributed by atoms with Crippen LogP contribution in [0.2, 0.25) is 0 Å². The number of rotatable bonds is 1. The van der Waals surface area contributed by atoms with E-state index in [2.05, 4.69) is 4.90 Å². The van der Waals surface area contributed by atoms with Gasteiger partial charge in [-0.05, 0) is 19.3 Å². The number of hydrogen-bond donors (Lipinski definition) is 1. The monoisotopic (exact) mass is 127 g/mol. The molecular formula is C7H13NO. The van der Waals surface area contributed by atoms with Gasteiger partial charge in [0.05, 0.1) is 6.10 Å². The highest BCUT2D eigenvalue weighted by atomic mass is 16.3. The third kappa shape index (κ3) is 0.970. The van der Waals surface area contributed by atoms with Crippen molar-refractivity contribution in [2.24, 2.45) is 0 Å². The predicted molar refractivity (Wildman–Crippen MR) is 35.2 cm³/mol. The van der Waals surface area contributed by atoms with Crippen LogP contribution in [0.25, 0.3) is 0 Å². The van der Waals surface area contributed by atoms with Crippen LogP contribution in [0.5, 0.6) is 0 Å². The van der Waals surface area contributed by atoms with Crippen LogP contribution in [0.4, 0.5) is 0 Å². The van der Waals surface area contributed by atoms with Crippen molar-refractivity contribution in [2.45, 2.75) is 31.4 Å². The van der Waals surface area contributed by atoms with Gasteiger partial charge in [0.25, 0.3) is 0 Å². The standard InChI is InChI=1S/C7H13NO/c9-7-3-1-2-6(7)8-4-5-8/h6-7,9H,1-5H2/t6-,7+/m0/s1. The molecule has 2 aliphatic rings. The molecule has 52 valence electrons. The molecule has 1 saturated heterocycles. The van der Waals surface area contributed by atoms with Crippen molar-refractivity contribution in [2.75, 3.05) is 13.1 Å². The maximum Gasteiger partial charge on any atom is 0.0695 e. The molecule has 1 aliphatic heterocycles. The molecule has 2 heteroatoms. The second kappa shape index (κ2) is 1.96. The summed E-state index contributed by atoms with van der Waals surface area (Å²) in [6, 6.07) is 0.532. The molecule has 1 N–H and O–H groups in total. The van der Waals surface area contributed by atoms with Gasteiger partial charge in [-0.25, -0.2) is 0 Å². The summed E-state index contributed by atoms with van der Waals surface area (Å²) in [7, 11) is 0. The molecule has 0 unspecified atom stereocenters. The van der Waals surface area contributed by atoms with E-state index >= 15 is 0 Å². The zero-order valence-corrected chi connectivity index (χ0v) is 5.58. The number of aliphatic hydroxyl groups is 1. The van der Waals surface area contributed by atoms with Crippen molar-refractivity contribution in [3.8, 4) is 0 Å². The SMILES string of the molecule is O[C@@H]1CCC[C@@H]1N1CC1. The third-order valence-electron chi connectivity index (χ3n) is 2.39. The highest BCUT2D eigenvalue weighted by Gasteiger charge is 2.35. The summed E-state index contributed by atoms with van der Waals surface area (Å²) in [4.78, 5) is 2.36. The second-order valence-corrected chi connectivity index (χ2v) is 3.10. The molecule has 1 saturated carbocycles. The molecule has 2 atom stereocenters. The van der Waals surface area contributed by atoms with Gasteiger partial charge in [0, 0.05) is 19.1 Å². The Bertz CT molecular complexity index is 111. The fourth-order valence-corrected chi connectivity index (χ4v) is 1.74. The minimum atomic E-state index is -0.00694. The van der Waals surface area contributed by atoms with Crippen LogP contribution in [0, 0.1) is 0 Å². The van der Waals surface area contributed by atoms with Crippen molar-refractivity contribution in [1.29, 1.82) is 0 Å². The molecule has 2 fully saturated rings. The van der Waals surface area contributed by atoms with Gasteiger partial charge in [0.2, 0.25) is 0 Å². The largest absolute Gasteiger partial charge is 0.391 e. The van der Waals surface area contributed by atoms with Crippen LogP contribution in [-0.4, -0.2) is 35.2 Å². The molecule has 1 heterocycles. The lowest BCUT2D eigenvalue weighted by atomic mass is 10.2. The van der Waals surface area contributed by atoms with Gasteiger partial charge in [-0.1, -0.05) is 0 Å². The molecule has 0 amide bonds. The quantitative estimate of drug-likeness (QED) is 0.509. The normalized spacial score (nSPS) is 43.7. The Hall–Kier alpha value is -0.0800. The zero-order valence-electron chi connectivity index (χ0n) is 5.58. The summed E-state index contributed by atoms with van der Waals surface area (Å²) < 4.78 is 0. The molecule has 0 radical (unpaired) electrons. The van der Waals surface area contributed by atoms with Crippen molar-refractivity contribution >= 4 is 0 Å². The Labute approximate surface area is 55.5 Å². The van der Waals surface area contributed by atoms with E-state index in [1.165, 1.54) is 25.9 Å². The molecular weight excluding hydrogens is 114 g/mol. The number of nitrogens with zero attached hydrogens (tertiary/aromatic N) is 1. The smallest absolute Gasteiger partial charge is 0.0695 e. The van der Waals surface area contributed by atoms with Gasteiger partial charge in [-0.3, -0.25) is 4.90 Å². The average molecular weight is 127 g/mol. The zero-order chi connectivity index (χ0) is 6.27. The fraction of sp³-hybridized carbons (Fsp3) is 1.00. The lowest BCUT2D eigenvalue weighted by Crippen LogP contribution is -2.27. The highest BCUT2D eigenvalue weighted by molar-refractivity contribution is 4.91. The number of aliphatic hydroxyl groups excluding tert-OH is 1. The summed E-state index contributed by atoms with van der Waals surface area (Å²) in [5.41, 5.74) is 0. The molecule has 0 bridgehead atoms. The maximum absolute atomic E-state index is 9.36. The van der Waals surface area contributed by atoms with E-state index in [0.717, 1.165) is 6.42 Å². The van der Waals surface area contributed by atoms with Crippen LogP contribution in [-0.2, 0) is 0 Å². The van der Waals surface area contributed by atoms with Crippen molar-refractivity contribution in [1.82, 2.24) is 4.90 Å². The Morgan fingerprint density at radius 3 is 2.44 bits per heavy atom. The first-order chi connectivity index (χ1) is 4.38. The summed E-state index contributed by atoms with van der Waals surface area (Å²) >= 11 is 0. The van der Waals surface area contributed by atoms with E-state index < -0.39 is 0 Å². The Balaban J connectivity index is 1.93. The summed E-state index contributed by atoms with van der Waals surface area (Å²) in [6.07, 6.45) is 3.47. The van der Waals surface area contributed by atoms with Crippen LogP contribution >= 0.6 is 0 Å². The van der Waals surface area contributed by atoms with E-state index in [-0.39, 0.29) is 6.10 Å². The summed E-state index contributed by atoms with van der Waals surface area (Å²) in [5.74, 6) is 0. The minimum absolute atomic E-state index is 0.00694. The molecule has 2 rings (SSSR count). The van der Waals surface area contributed by atoms with Gasteiger partial charge < -0.3 is 5.11 Å². The first-order valence-corrected chi connectivity index (χ1v) is 3.80. The van der Waals surface area contributed by atoms with Crippen molar-refractivity contribution in [3.05, 3.63) is 0 Å². The van der Waals surface area contributed by atoms with E-state index in [1.54, 1.807) is 0 Å². The lowest BCUT2D eigenvalue weighted by molar-refractivity contribution is 0.124. The average Bonchev–Trinajstić information content (AvgIpc) is 2.58. The van der Waals surface area contributed by atoms with E-state index in [4.69, 9.17) is 0 Å². The molecule has 2 nitrogen and oxygen atoms in total. The van der Waals surface area contributed by atoms with Gasteiger partial charge in [-0.2, -0.15) is 0 Å². The molecule has 0 spiro atoms. The molecule has 0 aromatic rings. The Morgan fingerprint density at radius 1 is 1.22 bits per heavy atom. The predicted octanol–water partition coefficient (Wildman–Crippen LogP) is 0.215. The fourth-order valence-electron chi connectivity index (χ4n) is 1.74. The van der Waals surface area contributed by atoms with E-state index in [1.807, 2.05) is 0 Å². The topological polar surface area (TPSA) is 23.2 Å². The summed E-state index contributed by atoms with van der Waals surface area (Å²) in [6.45, 7) is 2.45. The second-order valence-electron chi connectivity index (χ2n) is 3.10. The van der Waals surface area contributed by atoms with Gasteiger partial charge in [0.15, 0.2) is 0 Å². The van der Waals surface area contributed by atoms with E-state index in [0.29, 0.717) is 6.04 Å². The van der Waals surface area contributed by atoms with E-state index in [9.17, 15) is 5.11 Å². The first kappa shape index (κ1) is 5.69. The lowest BCUT2D eigenvalue weighted by Gasteiger charge is -2.14. The third-order valence-corrected chi connectivity index (χ3v) is 2.39. The molecule has 1 aliphatic carbocycles. The Kier molecular flexibility index (Phi) is 1.24. The first-order valence-electron chi connectivity index (χ1n) is 3.80. The van der Waals surface area contributed by atoms with Gasteiger partial charge in [0.1, 0.15) is 0 Å². The van der Waals surface area contributed by atoms with Crippen LogP contribution in [0.1, 0.15) is 19.3 Å². The van der Waals surface area contributed by atoms with Crippen molar-refractivity contribution in [3.63, 3.8) is 0 Å². The van der Waals surface area contributed by atoms with Crippen LogP contribution in [0.15, 0.2) is 0 Å².